The van der Waals surface area contributed by atoms with Gasteiger partial charge in [0.25, 0.3) is 0 Å². The molecule has 778 valence electrons. The quantitative estimate of drug-likeness (QED) is 0.0125. The van der Waals surface area contributed by atoms with Gasteiger partial charge in [-0.1, -0.05) is 209 Å². The van der Waals surface area contributed by atoms with E-state index in [1.807, 2.05) is 118 Å². The van der Waals surface area contributed by atoms with Crippen molar-refractivity contribution in [1.29, 1.82) is 0 Å². The topological polar surface area (TPSA) is 429 Å². The van der Waals surface area contributed by atoms with Crippen LogP contribution in [0.25, 0.3) is 73.4 Å². The van der Waals surface area contributed by atoms with Crippen LogP contribution in [0.1, 0.15) is 228 Å². The van der Waals surface area contributed by atoms with Crippen molar-refractivity contribution in [3.05, 3.63) is 336 Å². The third-order valence-electron chi connectivity index (χ3n) is 25.7. The molecule has 0 saturated heterocycles. The fraction of sp³-hybridized carbons (Fsp3) is 0.342. The van der Waals surface area contributed by atoms with Gasteiger partial charge in [0.1, 0.15) is 52.4 Å². The number of pyridine rings is 4. The number of hydrogen-bond acceptors (Lipinski definition) is 18. The van der Waals surface area contributed by atoms with Crippen LogP contribution < -0.4 is 38.5 Å². The second kappa shape index (κ2) is 54.5. The number of benzene rings is 7. The summed E-state index contributed by atoms with van der Waals surface area (Å²) in [5.41, 5.74) is 37.9. The summed E-state index contributed by atoms with van der Waals surface area (Å²) in [4.78, 5) is 102. The predicted octanol–water partition coefficient (Wildman–Crippen LogP) is 20.0. The molecular weight excluding hydrogens is 1870 g/mol. The van der Waals surface area contributed by atoms with Gasteiger partial charge in [-0.05, 0) is 279 Å². The van der Waals surface area contributed by atoms with Gasteiger partial charge < -0.3 is 53.8 Å². The number of anilines is 1. The smallest absolute Gasteiger partial charge is 0.242 e. The number of hydrogen-bond donors (Lipinski definition) is 10. The molecule has 7 aromatic carbocycles. The number of aliphatic hydroxyl groups is 1. The van der Waals surface area contributed by atoms with E-state index in [2.05, 4.69) is 230 Å². The number of amides is 7. The summed E-state index contributed by atoms with van der Waals surface area (Å²) in [7, 11) is 0. The highest BCUT2D eigenvalue weighted by atomic mass is 16.3. The predicted molar refractivity (Wildman–Crippen MR) is 588 cm³/mol. The van der Waals surface area contributed by atoms with Crippen molar-refractivity contribution in [2.75, 3.05) is 11.9 Å². The van der Waals surface area contributed by atoms with E-state index >= 15 is 0 Å². The molecule has 0 saturated carbocycles. The van der Waals surface area contributed by atoms with E-state index in [1.165, 1.54) is 16.7 Å². The number of nitrogens with two attached hydrogens (primary N) is 3. The molecule has 0 aliphatic carbocycles. The van der Waals surface area contributed by atoms with Crippen molar-refractivity contribution >= 4 is 57.8 Å². The van der Waals surface area contributed by atoms with Gasteiger partial charge in [-0.2, -0.15) is 20.4 Å². The lowest BCUT2D eigenvalue weighted by Gasteiger charge is -2.19. The van der Waals surface area contributed by atoms with Crippen LogP contribution in [0.2, 0.25) is 0 Å². The Bertz CT molecular complexity index is 6850. The number of phenols is 2. The van der Waals surface area contributed by atoms with Gasteiger partial charge in [-0.15, -0.1) is 0 Å². The molecule has 8 heterocycles. The van der Waals surface area contributed by atoms with Gasteiger partial charge in [0.15, 0.2) is 0 Å². The average molecular weight is 2010 g/mol. The van der Waals surface area contributed by atoms with E-state index in [0.717, 1.165) is 203 Å². The first-order chi connectivity index (χ1) is 71.5. The highest BCUT2D eigenvalue weighted by molar-refractivity contribution is 5.91. The van der Waals surface area contributed by atoms with Gasteiger partial charge in [-0.3, -0.25) is 58.2 Å². The van der Waals surface area contributed by atoms with Crippen molar-refractivity contribution in [2.24, 2.45) is 17.2 Å². The molecule has 0 fully saturated rings. The zero-order valence-corrected chi connectivity index (χ0v) is 87.6. The van der Waals surface area contributed by atoms with E-state index in [0.29, 0.717) is 50.6 Å². The van der Waals surface area contributed by atoms with Crippen molar-refractivity contribution < 1.29 is 48.9 Å². The van der Waals surface area contributed by atoms with Crippen LogP contribution in [0.5, 0.6) is 11.5 Å². The van der Waals surface area contributed by atoms with Gasteiger partial charge in [0, 0.05) is 104 Å². The van der Waals surface area contributed by atoms with Crippen LogP contribution in [-0.2, 0) is 94.9 Å². The summed E-state index contributed by atoms with van der Waals surface area (Å²) in [5, 5.41) is 60.8. The number of aryl methyl sites for hydroxylation is 6. The maximum Gasteiger partial charge on any atom is 0.242 e. The fourth-order valence-electron chi connectivity index (χ4n) is 17.0. The van der Waals surface area contributed by atoms with E-state index < -0.39 is 42.5 Å². The molecule has 3 unspecified atom stereocenters. The lowest BCUT2D eigenvalue weighted by Crippen LogP contribution is -2.46. The second-order valence-corrected chi connectivity index (χ2v) is 40.8. The molecule has 29 nitrogen and oxygen atoms in total. The third-order valence-corrected chi connectivity index (χ3v) is 25.7. The van der Waals surface area contributed by atoms with Crippen molar-refractivity contribution in [1.82, 2.24) is 75.0 Å². The van der Waals surface area contributed by atoms with Crippen LogP contribution >= 0.6 is 0 Å². The summed E-state index contributed by atoms with van der Waals surface area (Å²) in [6.07, 6.45) is 22.5. The van der Waals surface area contributed by atoms with E-state index in [4.69, 9.17) is 42.7 Å². The van der Waals surface area contributed by atoms with Crippen LogP contribution in [-0.4, -0.2) is 140 Å². The highest BCUT2D eigenvalue weighted by Crippen LogP contribution is 2.33. The summed E-state index contributed by atoms with van der Waals surface area (Å²) < 4.78 is 8.04. The van der Waals surface area contributed by atoms with Crippen molar-refractivity contribution in [3.8, 4) is 74.1 Å². The van der Waals surface area contributed by atoms with Gasteiger partial charge >= 0.3 is 0 Å². The Morgan fingerprint density at radius 2 is 0.725 bits per heavy atom. The minimum absolute atomic E-state index is 0.0314. The SMILES string of the molecule is CC(C)(C)c1ccc(-n2nc(-c3ccccn3)cc2CCCCC(=O)Nc2ccc(O)cc2)cc1.CC(C)(C)c1ccc(-n2nc(-c3ccccn3)cc2CCCCCC(=O)NC(CO)C(N)=O)cc1.CC(C)(C)c1ccc(-n2nc(-c3ccccn3)cc2CCCCCC(=O)NC(Cc2cccc(O)c2)C(N)=O)cc1.CCCCn1nc(-c2cc3ccccc3cn2)cc1CCCCC(=O)NC(Cc1ccc(C)cc1)C(N)=O. The lowest BCUT2D eigenvalue weighted by atomic mass is 9.87. The number of aromatic nitrogens is 12. The summed E-state index contributed by atoms with van der Waals surface area (Å²) in [6, 6.07) is 80.0. The minimum Gasteiger partial charge on any atom is -0.508 e. The Labute approximate surface area is 873 Å². The number of fused-ring (bicyclic) bond motifs is 1. The molecule has 3 atom stereocenters. The zero-order chi connectivity index (χ0) is 107. The summed E-state index contributed by atoms with van der Waals surface area (Å²) in [5.74, 6) is -2.27. The number of aromatic hydroxyl groups is 2. The molecule has 8 aromatic heterocycles. The third kappa shape index (κ3) is 34.6. The number of unbranched alkanes of at least 4 members (excludes halogenated alkanes) is 7. The molecule has 29 heteroatoms. The molecule has 0 aliphatic rings. The van der Waals surface area contributed by atoms with Crippen LogP contribution in [0.15, 0.2) is 280 Å². The summed E-state index contributed by atoms with van der Waals surface area (Å²) in [6.45, 7) is 24.3. The van der Waals surface area contributed by atoms with Gasteiger partial charge in [0.2, 0.25) is 41.4 Å². The molecule has 0 spiro atoms. The molecule has 149 heavy (non-hydrogen) atoms. The molecule has 15 aromatic rings. The Morgan fingerprint density at radius 3 is 1.13 bits per heavy atom. The zero-order valence-electron chi connectivity index (χ0n) is 87.6. The average Bonchev–Trinajstić information content (AvgIpc) is 1.68. The Morgan fingerprint density at radius 1 is 0.342 bits per heavy atom. The van der Waals surface area contributed by atoms with Crippen LogP contribution in [0.3, 0.4) is 0 Å². The molecule has 7 amide bonds. The molecular formula is C120H143N19O10. The number of carbonyl (C=O) groups is 7. The monoisotopic (exact) mass is 2010 g/mol. The number of carbonyl (C=O) groups excluding carboxylic acids is 7. The minimum atomic E-state index is -1.04. The molecule has 0 aliphatic heterocycles. The van der Waals surface area contributed by atoms with E-state index in [1.54, 1.807) is 67.1 Å². The number of nitrogens with one attached hydrogen (secondary N) is 4. The Kier molecular flexibility index (Phi) is 40.9. The maximum atomic E-state index is 12.6. The number of nitrogens with zero attached hydrogens (tertiary/aromatic N) is 12. The molecule has 13 N–H and O–H groups in total. The van der Waals surface area contributed by atoms with Crippen LogP contribution in [0, 0.1) is 6.92 Å². The van der Waals surface area contributed by atoms with Gasteiger partial charge in [-0.25, -0.2) is 14.0 Å². The maximum absolute atomic E-state index is 12.6. The molecule has 15 rings (SSSR count). The number of phenolic OH excluding ortho intramolecular Hbond substituents is 2. The Balaban J connectivity index is 0.000000177. The number of primary amides is 3. The molecule has 0 bridgehead atoms. The van der Waals surface area contributed by atoms with E-state index in [9.17, 15) is 43.8 Å². The first kappa shape index (κ1) is 112. The number of rotatable bonds is 44. The largest absolute Gasteiger partial charge is 0.508 e. The second-order valence-electron chi connectivity index (χ2n) is 40.8. The van der Waals surface area contributed by atoms with Crippen molar-refractivity contribution in [3.63, 3.8) is 0 Å². The van der Waals surface area contributed by atoms with E-state index in [-0.39, 0.29) is 64.2 Å². The summed E-state index contributed by atoms with van der Waals surface area (Å²) >= 11 is 0. The first-order valence-corrected chi connectivity index (χ1v) is 51.6. The van der Waals surface area contributed by atoms with Crippen molar-refractivity contribution in [2.45, 2.75) is 258 Å². The highest BCUT2D eigenvalue weighted by Gasteiger charge is 2.26. The normalized spacial score (nSPS) is 12.0. The number of aliphatic hydroxyl groups excluding tert-OH is 1. The molecule has 0 radical (unpaired) electrons. The fourth-order valence-corrected chi connectivity index (χ4v) is 17.0. The Hall–Kier alpha value is -15.9. The van der Waals surface area contributed by atoms with Crippen LogP contribution in [0.4, 0.5) is 5.69 Å². The standard InChI is InChI=1S/C33H39N5O3.C31H37N5O2.C29H32N4O2.C27H35N5O3/c1-33(2,3)24-15-17-25(18-16-24)38-26(22-29(37-38)28-13-7-8-19-35-28)11-5-4-6-14-31(40)36-30(32(34)41)21-23-10-9-12-27(39)20-23;1-3-4-17-36-26(20-28(35-36)27-19-24-9-5-6-10-25(24)21-33-27)11-7-8-12-30(37)34-29(31(32)38)18-23-15-13-22(2)14-16-23;1-29(2,3)21-11-15-23(16-12-21)33-24(20-27(32-33)26-9-6-7-19-30-26)8-4-5-10-28(35)31-22-13-17-25(34)18-14-22;1-27(2,3)19-12-14-20(15-13-19)32-21(17-23(31-32)22-10-7-8-16-29-22)9-5-4-6-11-25(34)30-24(18-33)26(28)35/h7-10,12-13,15-20,22,30,39H,4-6,11,14,21H2,1-3H3,(H2,34,41)(H,36,40);5-6,9-10,13-16,19-21,29H,3-4,7-8,11-12,17-18H2,1-2H3,(H2,32,38)(H,34,37);6-7,9,11-20,34H,4-5,8,10H2,1-3H3,(H,31,35);7-8,10,12-17,24,33H,4-6,9,11,18H2,1-3H3,(H2,28,35)(H,30,34). The first-order valence-electron chi connectivity index (χ1n) is 51.6. The lowest BCUT2D eigenvalue weighted by molar-refractivity contribution is -0.128. The van der Waals surface area contributed by atoms with Gasteiger partial charge in [0.05, 0.1) is 46.4 Å².